The third-order valence-corrected chi connectivity index (χ3v) is 2.00. The molecule has 0 saturated heterocycles. The van der Waals surface area contributed by atoms with Gasteiger partial charge in [-0.25, -0.2) is 15.0 Å². The van der Waals surface area contributed by atoms with Crippen molar-refractivity contribution in [3.05, 3.63) is 30.4 Å². The molecule has 2 heterocycles. The molecule has 6 heteroatoms. The first-order chi connectivity index (χ1) is 7.81. The second-order valence-corrected chi connectivity index (χ2v) is 3.11. The maximum Gasteiger partial charge on any atom is 0.270 e. The number of aliphatic hydroxyl groups is 1. The standard InChI is InChI=1S/C10H10N4O2/c15-4-3-12-10(16)8-2-1-7-5-11-6-13-9(7)14-8/h1-2,5-6,15H,3-4H2,(H,12,16). The van der Waals surface area contributed by atoms with Gasteiger partial charge in [0.05, 0.1) is 6.61 Å². The highest BCUT2D eigenvalue weighted by Gasteiger charge is 2.07. The van der Waals surface area contributed by atoms with Crippen molar-refractivity contribution in [2.75, 3.05) is 13.2 Å². The fourth-order valence-electron chi connectivity index (χ4n) is 1.25. The minimum Gasteiger partial charge on any atom is -0.395 e. The monoisotopic (exact) mass is 218 g/mol. The summed E-state index contributed by atoms with van der Waals surface area (Å²) in [7, 11) is 0. The lowest BCUT2D eigenvalue weighted by Crippen LogP contribution is -2.27. The van der Waals surface area contributed by atoms with Crippen molar-refractivity contribution in [1.82, 2.24) is 20.3 Å². The lowest BCUT2D eigenvalue weighted by atomic mass is 10.3. The van der Waals surface area contributed by atoms with E-state index in [4.69, 9.17) is 5.11 Å². The molecular formula is C10H10N4O2. The van der Waals surface area contributed by atoms with Crippen LogP contribution in [0.15, 0.2) is 24.7 Å². The molecule has 2 aromatic heterocycles. The van der Waals surface area contributed by atoms with Crippen LogP contribution in [0.3, 0.4) is 0 Å². The molecule has 0 aliphatic carbocycles. The van der Waals surface area contributed by atoms with Gasteiger partial charge in [-0.3, -0.25) is 4.79 Å². The van der Waals surface area contributed by atoms with E-state index in [9.17, 15) is 4.79 Å². The second kappa shape index (κ2) is 4.63. The van der Waals surface area contributed by atoms with E-state index in [0.717, 1.165) is 5.39 Å². The molecule has 2 N–H and O–H groups in total. The molecule has 16 heavy (non-hydrogen) atoms. The van der Waals surface area contributed by atoms with Gasteiger partial charge in [0.1, 0.15) is 12.0 Å². The van der Waals surface area contributed by atoms with Gasteiger partial charge < -0.3 is 10.4 Å². The fraction of sp³-hybridized carbons (Fsp3) is 0.200. The van der Waals surface area contributed by atoms with E-state index in [1.54, 1.807) is 18.3 Å². The minimum atomic E-state index is -0.324. The number of amides is 1. The molecule has 82 valence electrons. The summed E-state index contributed by atoms with van der Waals surface area (Å²) >= 11 is 0. The van der Waals surface area contributed by atoms with Gasteiger partial charge in [0.25, 0.3) is 5.91 Å². The summed E-state index contributed by atoms with van der Waals surface area (Å²) in [6, 6.07) is 3.33. The molecule has 0 atom stereocenters. The van der Waals surface area contributed by atoms with Crippen molar-refractivity contribution >= 4 is 16.9 Å². The highest BCUT2D eigenvalue weighted by atomic mass is 16.3. The Morgan fingerprint density at radius 2 is 2.31 bits per heavy atom. The Balaban J connectivity index is 2.28. The molecule has 2 aromatic rings. The highest BCUT2D eigenvalue weighted by Crippen LogP contribution is 2.07. The van der Waals surface area contributed by atoms with E-state index < -0.39 is 0 Å². The van der Waals surface area contributed by atoms with Crippen LogP contribution < -0.4 is 5.32 Å². The molecule has 0 fully saturated rings. The number of pyridine rings is 1. The van der Waals surface area contributed by atoms with Gasteiger partial charge in [-0.2, -0.15) is 0 Å². The zero-order chi connectivity index (χ0) is 11.4. The second-order valence-electron chi connectivity index (χ2n) is 3.11. The third-order valence-electron chi connectivity index (χ3n) is 2.00. The molecule has 0 aliphatic heterocycles. The van der Waals surface area contributed by atoms with Gasteiger partial charge in [-0.1, -0.05) is 0 Å². The number of carbonyl (C=O) groups excluding carboxylic acids is 1. The van der Waals surface area contributed by atoms with Gasteiger partial charge in [-0.15, -0.1) is 0 Å². The van der Waals surface area contributed by atoms with Crippen LogP contribution in [-0.2, 0) is 0 Å². The van der Waals surface area contributed by atoms with Crippen molar-refractivity contribution in [3.8, 4) is 0 Å². The van der Waals surface area contributed by atoms with E-state index in [1.807, 2.05) is 0 Å². The summed E-state index contributed by atoms with van der Waals surface area (Å²) in [6.45, 7) is 0.115. The third kappa shape index (κ3) is 2.12. The minimum absolute atomic E-state index is 0.0957. The number of hydrogen-bond donors (Lipinski definition) is 2. The van der Waals surface area contributed by atoms with Crippen molar-refractivity contribution in [2.45, 2.75) is 0 Å². The number of fused-ring (bicyclic) bond motifs is 1. The molecule has 0 saturated carbocycles. The topological polar surface area (TPSA) is 88.0 Å². The number of hydrogen-bond acceptors (Lipinski definition) is 5. The molecule has 0 unspecified atom stereocenters. The van der Waals surface area contributed by atoms with E-state index >= 15 is 0 Å². The first-order valence-electron chi connectivity index (χ1n) is 4.77. The van der Waals surface area contributed by atoms with E-state index in [-0.39, 0.29) is 24.8 Å². The quantitative estimate of drug-likeness (QED) is 0.741. The van der Waals surface area contributed by atoms with Crippen LogP contribution in [0.1, 0.15) is 10.5 Å². The molecule has 0 bridgehead atoms. The number of nitrogens with one attached hydrogen (secondary N) is 1. The summed E-state index contributed by atoms with van der Waals surface area (Å²) in [5.74, 6) is -0.324. The summed E-state index contributed by atoms with van der Waals surface area (Å²) in [5, 5.41) is 11.9. The van der Waals surface area contributed by atoms with Crippen LogP contribution in [0.2, 0.25) is 0 Å². The van der Waals surface area contributed by atoms with Gasteiger partial charge in [0.2, 0.25) is 0 Å². The van der Waals surface area contributed by atoms with Crippen molar-refractivity contribution in [3.63, 3.8) is 0 Å². The average Bonchev–Trinajstić information content (AvgIpc) is 2.35. The van der Waals surface area contributed by atoms with Gasteiger partial charge in [-0.05, 0) is 12.1 Å². The maximum atomic E-state index is 11.5. The van der Waals surface area contributed by atoms with E-state index in [0.29, 0.717) is 5.65 Å². The number of aromatic nitrogens is 3. The zero-order valence-electron chi connectivity index (χ0n) is 8.42. The molecule has 6 nitrogen and oxygen atoms in total. The van der Waals surface area contributed by atoms with Crippen LogP contribution >= 0.6 is 0 Å². The largest absolute Gasteiger partial charge is 0.395 e. The summed E-state index contributed by atoms with van der Waals surface area (Å²) < 4.78 is 0. The van der Waals surface area contributed by atoms with Gasteiger partial charge in [0, 0.05) is 18.1 Å². The van der Waals surface area contributed by atoms with Crippen LogP contribution in [0.4, 0.5) is 0 Å². The first-order valence-corrected chi connectivity index (χ1v) is 4.77. The Labute approximate surface area is 91.4 Å². The lowest BCUT2D eigenvalue weighted by molar-refractivity contribution is 0.0940. The number of rotatable bonds is 3. The number of carbonyl (C=O) groups is 1. The Bertz CT molecular complexity index is 515. The smallest absolute Gasteiger partial charge is 0.270 e. The molecule has 0 aromatic carbocycles. The molecule has 0 aliphatic rings. The van der Waals surface area contributed by atoms with Crippen LogP contribution in [0, 0.1) is 0 Å². The highest BCUT2D eigenvalue weighted by molar-refractivity contribution is 5.94. The van der Waals surface area contributed by atoms with Crippen molar-refractivity contribution in [2.24, 2.45) is 0 Å². The maximum absolute atomic E-state index is 11.5. The molecule has 2 rings (SSSR count). The predicted molar refractivity (Wildman–Crippen MR) is 56.8 cm³/mol. The van der Waals surface area contributed by atoms with Crippen LogP contribution in [0.25, 0.3) is 11.0 Å². The number of nitrogens with zero attached hydrogens (tertiary/aromatic N) is 3. The predicted octanol–water partition coefficient (Wildman–Crippen LogP) is -0.253. The first kappa shape index (κ1) is 10.4. The van der Waals surface area contributed by atoms with Gasteiger partial charge in [0.15, 0.2) is 5.65 Å². The average molecular weight is 218 g/mol. The Morgan fingerprint density at radius 3 is 3.12 bits per heavy atom. The number of aliphatic hydroxyl groups excluding tert-OH is 1. The van der Waals surface area contributed by atoms with Crippen LogP contribution in [-0.4, -0.2) is 39.1 Å². The van der Waals surface area contributed by atoms with E-state index in [2.05, 4.69) is 20.3 Å². The SMILES string of the molecule is O=C(NCCO)c1ccc2cncnc2n1. The van der Waals surface area contributed by atoms with E-state index in [1.165, 1.54) is 6.33 Å². The lowest BCUT2D eigenvalue weighted by Gasteiger charge is -2.02. The van der Waals surface area contributed by atoms with Crippen LogP contribution in [0.5, 0.6) is 0 Å². The summed E-state index contributed by atoms with van der Waals surface area (Å²) in [6.07, 6.45) is 3.01. The van der Waals surface area contributed by atoms with Crippen molar-refractivity contribution < 1.29 is 9.90 Å². The zero-order valence-corrected chi connectivity index (χ0v) is 8.42. The molecular weight excluding hydrogens is 208 g/mol. The van der Waals surface area contributed by atoms with Gasteiger partial charge >= 0.3 is 0 Å². The summed E-state index contributed by atoms with van der Waals surface area (Å²) in [5.41, 5.74) is 0.756. The van der Waals surface area contributed by atoms with Crippen molar-refractivity contribution in [1.29, 1.82) is 0 Å². The molecule has 0 radical (unpaired) electrons. The molecule has 0 spiro atoms. The normalized spacial score (nSPS) is 10.3. The Kier molecular flexibility index (Phi) is 3.02. The molecule has 1 amide bonds. The fourth-order valence-corrected chi connectivity index (χ4v) is 1.25. The Morgan fingerprint density at radius 1 is 1.44 bits per heavy atom. The summed E-state index contributed by atoms with van der Waals surface area (Å²) in [4.78, 5) is 23.4. The Hall–Kier alpha value is -2.08.